The minimum absolute atomic E-state index is 0.0524. The van der Waals surface area contributed by atoms with E-state index in [1.165, 1.54) is 19.3 Å². The Labute approximate surface area is 88.0 Å². The number of hydrogen-bond donors (Lipinski definition) is 0. The Hall–Kier alpha value is -0.0800. The lowest BCUT2D eigenvalue weighted by molar-refractivity contribution is -0.104. The molecule has 3 atom stereocenters. The summed E-state index contributed by atoms with van der Waals surface area (Å²) in [6.45, 7) is 8.64. The van der Waals surface area contributed by atoms with Crippen LogP contribution in [0.1, 0.15) is 53.4 Å². The fraction of sp³-hybridized carbons (Fsp3) is 1.00. The van der Waals surface area contributed by atoms with Crippen LogP contribution < -0.4 is 0 Å². The summed E-state index contributed by atoms with van der Waals surface area (Å²) in [6.07, 6.45) is 5.50. The maximum absolute atomic E-state index is 5.80. The second-order valence-electron chi connectivity index (χ2n) is 4.36. The first-order valence-corrected chi connectivity index (χ1v) is 5.99. The zero-order valence-electron chi connectivity index (χ0n) is 9.95. The van der Waals surface area contributed by atoms with Crippen molar-refractivity contribution in [3.8, 4) is 0 Å². The van der Waals surface area contributed by atoms with Gasteiger partial charge in [0.25, 0.3) is 0 Å². The van der Waals surface area contributed by atoms with Gasteiger partial charge in [-0.3, -0.25) is 0 Å². The van der Waals surface area contributed by atoms with Gasteiger partial charge in [-0.25, -0.2) is 0 Å². The molecule has 0 aliphatic carbocycles. The first kappa shape index (κ1) is 12.0. The fourth-order valence-electron chi connectivity index (χ4n) is 1.90. The van der Waals surface area contributed by atoms with E-state index < -0.39 is 0 Å². The van der Waals surface area contributed by atoms with E-state index >= 15 is 0 Å². The van der Waals surface area contributed by atoms with Crippen LogP contribution in [0.25, 0.3) is 0 Å². The minimum Gasteiger partial charge on any atom is -0.347 e. The smallest absolute Gasteiger partial charge is 0.161 e. The van der Waals surface area contributed by atoms with Crippen LogP contribution >= 0.6 is 0 Å². The van der Waals surface area contributed by atoms with Gasteiger partial charge in [-0.05, 0) is 26.7 Å². The molecule has 2 heteroatoms. The average molecular weight is 200 g/mol. The first-order chi connectivity index (χ1) is 6.69. The van der Waals surface area contributed by atoms with Gasteiger partial charge in [0.1, 0.15) is 0 Å². The molecule has 1 aliphatic rings. The van der Waals surface area contributed by atoms with Gasteiger partial charge < -0.3 is 9.47 Å². The maximum Gasteiger partial charge on any atom is 0.161 e. The van der Waals surface area contributed by atoms with Crippen LogP contribution in [0.4, 0.5) is 0 Å². The van der Waals surface area contributed by atoms with Crippen LogP contribution in [-0.2, 0) is 9.47 Å². The van der Waals surface area contributed by atoms with Gasteiger partial charge >= 0.3 is 0 Å². The predicted molar refractivity (Wildman–Crippen MR) is 58.2 cm³/mol. The lowest BCUT2D eigenvalue weighted by atomic mass is 9.99. The summed E-state index contributed by atoms with van der Waals surface area (Å²) in [4.78, 5) is 0. The van der Waals surface area contributed by atoms with Crippen molar-refractivity contribution < 1.29 is 9.47 Å². The molecule has 0 bridgehead atoms. The van der Waals surface area contributed by atoms with Crippen LogP contribution in [0.5, 0.6) is 0 Å². The Morgan fingerprint density at radius 2 is 1.64 bits per heavy atom. The Kier molecular flexibility index (Phi) is 4.90. The highest BCUT2D eigenvalue weighted by atomic mass is 16.7. The van der Waals surface area contributed by atoms with Crippen molar-refractivity contribution in [2.24, 2.45) is 5.92 Å². The maximum atomic E-state index is 5.80. The normalized spacial score (nSPS) is 34.7. The van der Waals surface area contributed by atoms with Crippen molar-refractivity contribution >= 4 is 0 Å². The van der Waals surface area contributed by atoms with E-state index in [0.717, 1.165) is 6.42 Å². The minimum atomic E-state index is 0.0524. The summed E-state index contributed by atoms with van der Waals surface area (Å²) in [6, 6.07) is 0. The monoisotopic (exact) mass is 200 g/mol. The number of ether oxygens (including phenoxy) is 2. The van der Waals surface area contributed by atoms with Crippen molar-refractivity contribution in [2.45, 2.75) is 71.9 Å². The topological polar surface area (TPSA) is 18.5 Å². The quantitative estimate of drug-likeness (QED) is 0.677. The summed E-state index contributed by atoms with van der Waals surface area (Å²) in [7, 11) is 0. The van der Waals surface area contributed by atoms with Crippen molar-refractivity contribution in [1.82, 2.24) is 0 Å². The van der Waals surface area contributed by atoms with Crippen LogP contribution in [0.15, 0.2) is 0 Å². The molecular weight excluding hydrogens is 176 g/mol. The molecule has 1 saturated heterocycles. The van der Waals surface area contributed by atoms with Gasteiger partial charge in [0.15, 0.2) is 6.29 Å². The largest absolute Gasteiger partial charge is 0.347 e. The van der Waals surface area contributed by atoms with E-state index in [9.17, 15) is 0 Å². The molecule has 0 saturated carbocycles. The first-order valence-electron chi connectivity index (χ1n) is 5.99. The van der Waals surface area contributed by atoms with E-state index in [-0.39, 0.29) is 18.5 Å². The van der Waals surface area contributed by atoms with Gasteiger partial charge in [0.2, 0.25) is 0 Å². The summed E-state index contributed by atoms with van der Waals surface area (Å²) in [5.41, 5.74) is 0. The Morgan fingerprint density at radius 1 is 1.07 bits per heavy atom. The molecular formula is C12H24O2. The van der Waals surface area contributed by atoms with Crippen molar-refractivity contribution in [3.63, 3.8) is 0 Å². The third kappa shape index (κ3) is 2.96. The summed E-state index contributed by atoms with van der Waals surface area (Å²) >= 11 is 0. The Morgan fingerprint density at radius 3 is 2.07 bits per heavy atom. The van der Waals surface area contributed by atoms with Crippen LogP contribution in [0.2, 0.25) is 0 Å². The molecule has 0 amide bonds. The van der Waals surface area contributed by atoms with Crippen molar-refractivity contribution in [2.75, 3.05) is 0 Å². The SMILES string of the molecule is CCCCC(CC)C1OC(C)C(C)O1. The Balaban J connectivity index is 2.37. The molecule has 3 unspecified atom stereocenters. The number of hydrogen-bond acceptors (Lipinski definition) is 2. The fourth-order valence-corrected chi connectivity index (χ4v) is 1.90. The highest BCUT2D eigenvalue weighted by Crippen LogP contribution is 2.28. The molecule has 1 aliphatic heterocycles. The molecule has 0 spiro atoms. The molecule has 0 aromatic carbocycles. The average Bonchev–Trinajstić information content (AvgIpc) is 2.48. The van der Waals surface area contributed by atoms with Crippen LogP contribution in [0, 0.1) is 5.92 Å². The molecule has 14 heavy (non-hydrogen) atoms. The third-order valence-electron chi connectivity index (χ3n) is 3.20. The molecule has 0 radical (unpaired) electrons. The highest BCUT2D eigenvalue weighted by Gasteiger charge is 2.33. The lowest BCUT2D eigenvalue weighted by Crippen LogP contribution is -2.21. The van der Waals surface area contributed by atoms with E-state index in [1.807, 2.05) is 0 Å². The second-order valence-corrected chi connectivity index (χ2v) is 4.36. The molecule has 1 fully saturated rings. The molecule has 2 nitrogen and oxygen atoms in total. The van der Waals surface area contributed by atoms with Gasteiger partial charge in [-0.1, -0.05) is 26.7 Å². The molecule has 84 valence electrons. The standard InChI is InChI=1S/C12H24O2/c1-5-7-8-11(6-2)12-13-9(3)10(4)14-12/h9-12H,5-8H2,1-4H3. The van der Waals surface area contributed by atoms with Gasteiger partial charge in [0.05, 0.1) is 12.2 Å². The van der Waals surface area contributed by atoms with Gasteiger partial charge in [0, 0.05) is 5.92 Å². The van der Waals surface area contributed by atoms with Crippen molar-refractivity contribution in [3.05, 3.63) is 0 Å². The van der Waals surface area contributed by atoms with Crippen LogP contribution in [0.3, 0.4) is 0 Å². The Bertz CT molecular complexity index is 148. The molecule has 0 N–H and O–H groups in total. The molecule has 1 heterocycles. The van der Waals surface area contributed by atoms with Crippen molar-refractivity contribution in [1.29, 1.82) is 0 Å². The highest BCUT2D eigenvalue weighted by molar-refractivity contribution is 4.74. The molecule has 1 rings (SSSR count). The molecule has 0 aromatic heterocycles. The van der Waals surface area contributed by atoms with Crippen LogP contribution in [-0.4, -0.2) is 18.5 Å². The number of unbranched alkanes of at least 4 members (excludes halogenated alkanes) is 1. The third-order valence-corrected chi connectivity index (χ3v) is 3.20. The predicted octanol–water partition coefficient (Wildman–Crippen LogP) is 3.35. The number of rotatable bonds is 5. The van der Waals surface area contributed by atoms with Gasteiger partial charge in [-0.15, -0.1) is 0 Å². The van der Waals surface area contributed by atoms with E-state index in [2.05, 4.69) is 27.7 Å². The van der Waals surface area contributed by atoms with E-state index in [1.54, 1.807) is 0 Å². The summed E-state index contributed by atoms with van der Waals surface area (Å²) in [5.74, 6) is 0.586. The van der Waals surface area contributed by atoms with Gasteiger partial charge in [-0.2, -0.15) is 0 Å². The zero-order chi connectivity index (χ0) is 10.6. The van der Waals surface area contributed by atoms with E-state index in [0.29, 0.717) is 5.92 Å². The molecule has 0 aromatic rings. The summed E-state index contributed by atoms with van der Waals surface area (Å²) < 4.78 is 11.6. The second kappa shape index (κ2) is 5.72. The van der Waals surface area contributed by atoms with E-state index in [4.69, 9.17) is 9.47 Å². The summed E-state index contributed by atoms with van der Waals surface area (Å²) in [5, 5.41) is 0. The zero-order valence-corrected chi connectivity index (χ0v) is 9.95. The lowest BCUT2D eigenvalue weighted by Gasteiger charge is -2.20.